The molecule has 0 amide bonds. The number of hydrogen-bond donors (Lipinski definition) is 2. The molecular formula is C13H12BrClN2O2S. The minimum Gasteiger partial charge on any atom is -0.399 e. The van der Waals surface area contributed by atoms with Gasteiger partial charge in [0.05, 0.1) is 10.7 Å². The Balaban J connectivity index is 2.43. The van der Waals surface area contributed by atoms with Crippen molar-refractivity contribution in [2.45, 2.75) is 11.8 Å². The monoisotopic (exact) mass is 374 g/mol. The molecule has 0 aliphatic rings. The summed E-state index contributed by atoms with van der Waals surface area (Å²) in [6.07, 6.45) is 0. The summed E-state index contributed by atoms with van der Waals surface area (Å²) in [5.41, 5.74) is 7.36. The van der Waals surface area contributed by atoms with E-state index in [0.29, 0.717) is 15.8 Å². The molecule has 0 spiro atoms. The Morgan fingerprint density at radius 2 is 1.90 bits per heavy atom. The van der Waals surface area contributed by atoms with E-state index in [4.69, 9.17) is 17.3 Å². The molecule has 0 saturated heterocycles. The highest BCUT2D eigenvalue weighted by molar-refractivity contribution is 9.10. The SMILES string of the molecule is Cc1ccc(Br)c(NS(=O)(=O)c2ccc(N)cc2Cl)c1. The normalized spacial score (nSPS) is 11.3. The number of halogens is 2. The lowest BCUT2D eigenvalue weighted by atomic mass is 10.2. The molecular weight excluding hydrogens is 364 g/mol. The van der Waals surface area contributed by atoms with Crippen LogP contribution in [0.25, 0.3) is 0 Å². The van der Waals surface area contributed by atoms with Crippen molar-refractivity contribution in [1.82, 2.24) is 0 Å². The van der Waals surface area contributed by atoms with Crippen molar-refractivity contribution in [1.29, 1.82) is 0 Å². The zero-order valence-electron chi connectivity index (χ0n) is 10.5. The van der Waals surface area contributed by atoms with Gasteiger partial charge in [0.1, 0.15) is 4.90 Å². The van der Waals surface area contributed by atoms with Gasteiger partial charge in [-0.25, -0.2) is 8.42 Å². The predicted molar refractivity (Wildman–Crippen MR) is 85.6 cm³/mol. The largest absolute Gasteiger partial charge is 0.399 e. The fraction of sp³-hybridized carbons (Fsp3) is 0.0769. The van der Waals surface area contributed by atoms with Crippen LogP contribution in [0.15, 0.2) is 45.8 Å². The Morgan fingerprint density at radius 1 is 1.20 bits per heavy atom. The van der Waals surface area contributed by atoms with Crippen molar-refractivity contribution in [2.24, 2.45) is 0 Å². The average molecular weight is 376 g/mol. The number of nitrogens with one attached hydrogen (secondary N) is 1. The van der Waals surface area contributed by atoms with Gasteiger partial charge in [-0.1, -0.05) is 17.7 Å². The first-order valence-corrected chi connectivity index (χ1v) is 8.29. The van der Waals surface area contributed by atoms with Crippen molar-refractivity contribution in [3.05, 3.63) is 51.5 Å². The van der Waals surface area contributed by atoms with Gasteiger partial charge in [0.25, 0.3) is 10.0 Å². The van der Waals surface area contributed by atoms with Crippen LogP contribution >= 0.6 is 27.5 Å². The summed E-state index contributed by atoms with van der Waals surface area (Å²) in [6.45, 7) is 1.88. The van der Waals surface area contributed by atoms with Crippen LogP contribution in [0, 0.1) is 6.92 Å². The van der Waals surface area contributed by atoms with Crippen LogP contribution in [-0.2, 0) is 10.0 Å². The highest BCUT2D eigenvalue weighted by atomic mass is 79.9. The molecule has 3 N–H and O–H groups in total. The second kappa shape index (κ2) is 5.63. The van der Waals surface area contributed by atoms with Crippen molar-refractivity contribution in [3.63, 3.8) is 0 Å². The average Bonchev–Trinajstić information content (AvgIpc) is 2.33. The van der Waals surface area contributed by atoms with Gasteiger partial charge in [0, 0.05) is 10.2 Å². The fourth-order valence-electron chi connectivity index (χ4n) is 1.65. The van der Waals surface area contributed by atoms with Crippen LogP contribution < -0.4 is 10.5 Å². The molecule has 0 radical (unpaired) electrons. The quantitative estimate of drug-likeness (QED) is 0.802. The van der Waals surface area contributed by atoms with E-state index in [1.165, 1.54) is 18.2 Å². The Hall–Kier alpha value is -1.24. The lowest BCUT2D eigenvalue weighted by molar-refractivity contribution is 0.601. The zero-order valence-corrected chi connectivity index (χ0v) is 13.7. The molecule has 0 bridgehead atoms. The molecule has 2 rings (SSSR count). The third-order valence-electron chi connectivity index (χ3n) is 2.61. The molecule has 20 heavy (non-hydrogen) atoms. The van der Waals surface area contributed by atoms with Gasteiger partial charge in [0.15, 0.2) is 0 Å². The molecule has 0 fully saturated rings. The van der Waals surface area contributed by atoms with Crippen molar-refractivity contribution < 1.29 is 8.42 Å². The molecule has 0 saturated carbocycles. The summed E-state index contributed by atoms with van der Waals surface area (Å²) in [5, 5.41) is 0.0845. The first kappa shape index (κ1) is 15.2. The van der Waals surface area contributed by atoms with Crippen LogP contribution in [0.5, 0.6) is 0 Å². The van der Waals surface area contributed by atoms with E-state index in [0.717, 1.165) is 5.56 Å². The van der Waals surface area contributed by atoms with Gasteiger partial charge in [0.2, 0.25) is 0 Å². The van der Waals surface area contributed by atoms with Gasteiger partial charge in [-0.15, -0.1) is 0 Å². The van der Waals surface area contributed by atoms with E-state index in [-0.39, 0.29) is 9.92 Å². The lowest BCUT2D eigenvalue weighted by Gasteiger charge is -2.12. The van der Waals surface area contributed by atoms with E-state index < -0.39 is 10.0 Å². The van der Waals surface area contributed by atoms with Gasteiger partial charge in [-0.05, 0) is 58.7 Å². The molecule has 2 aromatic rings. The maximum absolute atomic E-state index is 12.3. The summed E-state index contributed by atoms with van der Waals surface area (Å²) in [7, 11) is -3.77. The summed E-state index contributed by atoms with van der Waals surface area (Å²) < 4.78 is 27.8. The standard InChI is InChI=1S/C13H12BrClN2O2S/c1-8-2-4-10(14)12(6-8)17-20(18,19)13-5-3-9(16)7-11(13)15/h2-7,17H,16H2,1H3. The van der Waals surface area contributed by atoms with Crippen LogP contribution in [0.2, 0.25) is 5.02 Å². The smallest absolute Gasteiger partial charge is 0.263 e. The molecule has 0 unspecified atom stereocenters. The van der Waals surface area contributed by atoms with Gasteiger partial charge in [-0.3, -0.25) is 4.72 Å². The number of rotatable bonds is 3. The maximum Gasteiger partial charge on any atom is 0.263 e. The zero-order chi connectivity index (χ0) is 14.9. The first-order valence-electron chi connectivity index (χ1n) is 5.63. The molecule has 7 heteroatoms. The first-order chi connectivity index (χ1) is 9.29. The van der Waals surface area contributed by atoms with Crippen LogP contribution in [0.3, 0.4) is 0 Å². The summed E-state index contributed by atoms with van der Waals surface area (Å²) in [4.78, 5) is -0.0122. The lowest BCUT2D eigenvalue weighted by Crippen LogP contribution is -2.14. The minimum absolute atomic E-state index is 0.0122. The Labute approximate surface area is 131 Å². The molecule has 0 aromatic heterocycles. The number of nitrogens with two attached hydrogens (primary N) is 1. The van der Waals surface area contributed by atoms with E-state index >= 15 is 0 Å². The third-order valence-corrected chi connectivity index (χ3v) is 5.15. The van der Waals surface area contributed by atoms with Crippen molar-refractivity contribution in [3.8, 4) is 0 Å². The second-order valence-electron chi connectivity index (χ2n) is 4.28. The number of hydrogen-bond acceptors (Lipinski definition) is 3. The van der Waals surface area contributed by atoms with Crippen LogP contribution in [0.4, 0.5) is 11.4 Å². The third kappa shape index (κ3) is 3.26. The highest BCUT2D eigenvalue weighted by Gasteiger charge is 2.19. The Morgan fingerprint density at radius 3 is 2.55 bits per heavy atom. The van der Waals surface area contributed by atoms with Crippen LogP contribution in [-0.4, -0.2) is 8.42 Å². The van der Waals surface area contributed by atoms with Crippen molar-refractivity contribution >= 4 is 48.9 Å². The topological polar surface area (TPSA) is 72.2 Å². The summed E-state index contributed by atoms with van der Waals surface area (Å²) in [6, 6.07) is 9.65. The molecule has 0 atom stereocenters. The van der Waals surface area contributed by atoms with E-state index in [1.807, 2.05) is 13.0 Å². The predicted octanol–water partition coefficient (Wildman–Crippen LogP) is 3.79. The van der Waals surface area contributed by atoms with Gasteiger partial charge >= 0.3 is 0 Å². The number of aryl methyl sites for hydroxylation is 1. The Kier molecular flexibility index (Phi) is 4.27. The number of benzene rings is 2. The summed E-state index contributed by atoms with van der Waals surface area (Å²) >= 11 is 9.25. The second-order valence-corrected chi connectivity index (χ2v) is 7.19. The molecule has 106 valence electrons. The van der Waals surface area contributed by atoms with E-state index in [1.54, 1.807) is 12.1 Å². The van der Waals surface area contributed by atoms with Crippen molar-refractivity contribution in [2.75, 3.05) is 10.5 Å². The Bertz CT molecular complexity index is 763. The molecule has 0 aliphatic carbocycles. The minimum atomic E-state index is -3.77. The fourth-order valence-corrected chi connectivity index (χ4v) is 3.75. The molecule has 4 nitrogen and oxygen atoms in total. The van der Waals surface area contributed by atoms with E-state index in [2.05, 4.69) is 20.7 Å². The number of anilines is 2. The van der Waals surface area contributed by atoms with E-state index in [9.17, 15) is 8.42 Å². The molecule has 0 aliphatic heterocycles. The number of sulfonamides is 1. The maximum atomic E-state index is 12.3. The van der Waals surface area contributed by atoms with Gasteiger partial charge < -0.3 is 5.73 Å². The van der Waals surface area contributed by atoms with Crippen LogP contribution in [0.1, 0.15) is 5.56 Å². The molecule has 0 heterocycles. The summed E-state index contributed by atoms with van der Waals surface area (Å²) in [5.74, 6) is 0. The molecule has 2 aromatic carbocycles. The van der Waals surface area contributed by atoms with Gasteiger partial charge in [-0.2, -0.15) is 0 Å². The number of nitrogen functional groups attached to an aromatic ring is 1. The highest BCUT2D eigenvalue weighted by Crippen LogP contribution is 2.29.